The maximum atomic E-state index is 12.4. The van der Waals surface area contributed by atoms with Crippen LogP contribution in [0.4, 0.5) is 28.4 Å². The van der Waals surface area contributed by atoms with Gasteiger partial charge in [0, 0.05) is 16.9 Å². The maximum absolute atomic E-state index is 12.4. The molecule has 296 valence electrons. The number of azo groups is 2. The summed E-state index contributed by atoms with van der Waals surface area (Å²) in [5, 5.41) is 53.3. The average molecular weight is 974 g/mol. The third-order valence-electron chi connectivity index (χ3n) is 6.36. The Bertz CT molecular complexity index is 2440. The molecule has 23 nitrogen and oxygen atoms in total. The molecule has 4 aromatic carbocycles. The number of nitrogens with two attached hydrogens (primary N) is 1. The Kier molecular flexibility index (Phi) is 27.3. The molecular formula is C26H19N5Na4O18S6. The molecule has 0 aliphatic carbocycles. The number of fused-ring (bicyclic) bond motifs is 1. The summed E-state index contributed by atoms with van der Waals surface area (Å²) in [6.07, 6.45) is 0. The number of rotatable bonds is 19. The first-order valence-corrected chi connectivity index (χ1v) is 20.8. The van der Waals surface area contributed by atoms with Crippen molar-refractivity contribution in [2.75, 3.05) is 23.8 Å². The predicted octanol–water partition coefficient (Wildman–Crippen LogP) is -9.22. The normalized spacial score (nSPS) is 11.7. The number of hydrogen-bond acceptors (Lipinski definition) is 26. The van der Waals surface area contributed by atoms with Crippen molar-refractivity contribution in [3.05, 3.63) is 60.7 Å². The summed E-state index contributed by atoms with van der Waals surface area (Å²) in [7, 11) is -14.6. The van der Waals surface area contributed by atoms with Gasteiger partial charge < -0.3 is 34.6 Å². The van der Waals surface area contributed by atoms with Crippen LogP contribution in [0.3, 0.4) is 0 Å². The number of benzene rings is 4. The fourth-order valence-electron chi connectivity index (χ4n) is 4.09. The van der Waals surface area contributed by atoms with E-state index in [9.17, 15) is 54.8 Å². The number of nitrogens with zero attached hydrogens (tertiary/aromatic N) is 4. The van der Waals surface area contributed by atoms with E-state index in [0.29, 0.717) is 29.0 Å². The minimum atomic E-state index is -5.34. The molecule has 59 heavy (non-hydrogen) atoms. The summed E-state index contributed by atoms with van der Waals surface area (Å²) >= 11 is 1.32. The van der Waals surface area contributed by atoms with Crippen molar-refractivity contribution in [3.63, 3.8) is 0 Å². The van der Waals surface area contributed by atoms with E-state index in [-0.39, 0.29) is 174 Å². The van der Waals surface area contributed by atoms with Crippen LogP contribution in [0.15, 0.2) is 101 Å². The van der Waals surface area contributed by atoms with Crippen LogP contribution in [-0.4, -0.2) is 63.5 Å². The number of phenolic OH excluding ortho intramolecular Hbond substituents is 1. The third-order valence-corrected chi connectivity index (χ3v) is 11.2. The molecule has 0 fully saturated rings. The Labute approximate surface area is 436 Å². The molecule has 0 aliphatic heterocycles. The number of anilines is 1. The molecule has 0 spiro atoms. The molecular weight excluding hydrogens is 955 g/mol. The Morgan fingerprint density at radius 1 is 0.763 bits per heavy atom. The van der Waals surface area contributed by atoms with Gasteiger partial charge in [-0.25, -0.2) is 25.3 Å². The van der Waals surface area contributed by atoms with E-state index in [2.05, 4.69) is 43.4 Å². The maximum Gasteiger partial charge on any atom is 1.00 e. The monoisotopic (exact) mass is 973 g/mol. The van der Waals surface area contributed by atoms with Crippen molar-refractivity contribution >= 4 is 112 Å². The van der Waals surface area contributed by atoms with Crippen molar-refractivity contribution in [1.82, 2.24) is 0 Å². The Balaban J connectivity index is 0.00000841. The first-order valence-electron chi connectivity index (χ1n) is 14.0. The van der Waals surface area contributed by atoms with Crippen LogP contribution >= 0.6 is 36.1 Å². The first kappa shape index (κ1) is 58.9. The van der Waals surface area contributed by atoms with Gasteiger partial charge in [-0.2, -0.15) is 18.9 Å². The summed E-state index contributed by atoms with van der Waals surface area (Å²) in [4.78, 5) is 10.6. The smallest absolute Gasteiger partial charge is 0.744 e. The average Bonchev–Trinajstić information content (AvgIpc) is 3.11. The standard InChI is InChI=1S/C26H23N5O18S6.4Na/c27-23-22-14(12-20(54(38,39)40)25(23)31-29-16-3-7-18(8-4-16)53(36,37)10-9-44-55(41,42)43)11-19(52-49-47-35)24(26(22)33)30-28-15-1-5-17(6-2-15)51-45-21(32)13-50-48-46-34;;;;/h1-8,11-12,33-35H,9-10,13,27H2,(H,38,39,40)(H,41,42,43);;;;/q;4*+1/p-4. The molecule has 0 radical (unpaired) electrons. The summed E-state index contributed by atoms with van der Waals surface area (Å²) in [6, 6.07) is 12.1. The predicted molar refractivity (Wildman–Crippen MR) is 182 cm³/mol. The molecule has 4 rings (SSSR count). The van der Waals surface area contributed by atoms with Gasteiger partial charge in [-0.15, -0.1) is 10.2 Å². The summed E-state index contributed by atoms with van der Waals surface area (Å²) < 4.78 is 111. The van der Waals surface area contributed by atoms with Crippen molar-refractivity contribution < 1.29 is 200 Å². The number of phenols is 1. The quantitative estimate of drug-likeness (QED) is 0.0101. The zero-order valence-corrected chi connectivity index (χ0v) is 43.5. The van der Waals surface area contributed by atoms with E-state index in [1.807, 2.05) is 0 Å². The van der Waals surface area contributed by atoms with Crippen molar-refractivity contribution in [1.29, 1.82) is 0 Å². The van der Waals surface area contributed by atoms with Crippen molar-refractivity contribution in [2.45, 2.75) is 19.6 Å². The third kappa shape index (κ3) is 18.2. The Hall–Kier alpha value is -0.0500. The minimum Gasteiger partial charge on any atom is -0.744 e. The topological polar surface area (TPSA) is 363 Å². The van der Waals surface area contributed by atoms with Crippen LogP contribution in [0, 0.1) is 0 Å². The van der Waals surface area contributed by atoms with Crippen LogP contribution in [0.5, 0.6) is 5.75 Å². The number of carbonyl (C=O) groups excluding carboxylic acids is 1. The Morgan fingerprint density at radius 2 is 1.32 bits per heavy atom. The van der Waals surface area contributed by atoms with Gasteiger partial charge in [0.1, 0.15) is 27.2 Å². The van der Waals surface area contributed by atoms with E-state index in [1.54, 1.807) is 0 Å². The second kappa shape index (κ2) is 27.3. The number of sulfone groups is 1. The zero-order chi connectivity index (χ0) is 40.4. The van der Waals surface area contributed by atoms with Crippen molar-refractivity contribution in [3.8, 4) is 5.75 Å². The van der Waals surface area contributed by atoms with E-state index in [0.717, 1.165) is 36.4 Å². The van der Waals surface area contributed by atoms with Crippen LogP contribution in [0.25, 0.3) is 10.8 Å². The van der Waals surface area contributed by atoms with E-state index in [4.69, 9.17) is 9.92 Å². The van der Waals surface area contributed by atoms with Gasteiger partial charge in [-0.1, -0.05) is 0 Å². The number of hydrogen-bond donors (Lipinski definition) is 2. The molecule has 0 saturated heterocycles. The molecule has 0 saturated carbocycles. The first-order chi connectivity index (χ1) is 25.9. The Morgan fingerprint density at radius 3 is 1.86 bits per heavy atom. The molecule has 0 bridgehead atoms. The fraction of sp³-hybridized carbons (Fsp3) is 0.115. The van der Waals surface area contributed by atoms with Gasteiger partial charge in [0.05, 0.1) is 73.6 Å². The second-order valence-electron chi connectivity index (χ2n) is 9.85. The largest absolute Gasteiger partial charge is 1.00 e. The number of carbonyl (C=O) groups is 1. The summed E-state index contributed by atoms with van der Waals surface area (Å²) in [6.45, 7) is -0.939. The van der Waals surface area contributed by atoms with Crippen LogP contribution in [0.2, 0.25) is 0 Å². The molecule has 4 aromatic rings. The molecule has 0 atom stereocenters. The van der Waals surface area contributed by atoms with Crippen LogP contribution < -0.4 is 134 Å². The SMILES string of the molecule is Nc1c(N=Nc2ccc(S(=O)(=O)CCOS(=O)(=O)[O-])cc2)c(S(=O)(=O)[O-])cc2cc(SOO[O-])c(N=Nc3ccc(SOC(=O)CSOO[O-])cc3)c(O)c12.[Na+].[Na+].[Na+].[Na+]. The number of nitrogen functional groups attached to an aromatic ring is 1. The molecule has 0 amide bonds. The molecule has 0 unspecified atom stereocenters. The summed E-state index contributed by atoms with van der Waals surface area (Å²) in [5.41, 5.74) is 4.63. The fourth-order valence-corrected chi connectivity index (χ4v) is 7.54. The molecule has 33 heteroatoms. The van der Waals surface area contributed by atoms with Crippen LogP contribution in [0.1, 0.15) is 0 Å². The van der Waals surface area contributed by atoms with Gasteiger partial charge in [-0.3, -0.25) is 19.1 Å². The van der Waals surface area contributed by atoms with Crippen molar-refractivity contribution in [2.24, 2.45) is 20.5 Å². The molecule has 0 heterocycles. The summed E-state index contributed by atoms with van der Waals surface area (Å²) in [5.74, 6) is -2.70. The zero-order valence-electron chi connectivity index (χ0n) is 30.6. The van der Waals surface area contributed by atoms with Gasteiger partial charge >= 0.3 is 124 Å². The minimum absolute atomic E-state index is 0. The van der Waals surface area contributed by atoms with E-state index in [1.165, 1.54) is 24.3 Å². The molecule has 0 aliphatic rings. The van der Waals surface area contributed by atoms with E-state index >= 15 is 0 Å². The second-order valence-corrected chi connectivity index (χ2v) is 16.6. The van der Waals surface area contributed by atoms with Gasteiger partial charge in [-0.05, 0) is 66.0 Å². The van der Waals surface area contributed by atoms with Gasteiger partial charge in [0.25, 0.3) is 0 Å². The van der Waals surface area contributed by atoms with Crippen LogP contribution in [-0.2, 0) is 62.3 Å². The van der Waals surface area contributed by atoms with Gasteiger partial charge in [0.15, 0.2) is 15.6 Å². The van der Waals surface area contributed by atoms with E-state index < -0.39 is 70.7 Å². The number of aromatic hydroxyl groups is 1. The molecule has 3 N–H and O–H groups in total. The molecule has 0 aromatic heterocycles. The van der Waals surface area contributed by atoms with Gasteiger partial charge in [0.2, 0.25) is 10.4 Å².